The highest BCUT2D eigenvalue weighted by Gasteiger charge is 2.35. The van der Waals surface area contributed by atoms with E-state index < -0.39 is 0 Å². The van der Waals surface area contributed by atoms with Crippen molar-refractivity contribution in [3.63, 3.8) is 0 Å². The van der Waals surface area contributed by atoms with Gasteiger partial charge in [-0.25, -0.2) is 4.39 Å². The zero-order valence-corrected chi connectivity index (χ0v) is 10.4. The zero-order valence-electron chi connectivity index (χ0n) is 9.63. The summed E-state index contributed by atoms with van der Waals surface area (Å²) in [5.74, 6) is 1.35. The van der Waals surface area contributed by atoms with E-state index in [0.717, 1.165) is 38.0 Å². The molecule has 1 N–H and O–H groups in total. The van der Waals surface area contributed by atoms with Gasteiger partial charge in [0, 0.05) is 30.2 Å². The fourth-order valence-electron chi connectivity index (χ4n) is 2.99. The van der Waals surface area contributed by atoms with Gasteiger partial charge in [-0.15, -0.1) is 0 Å². The van der Waals surface area contributed by atoms with Crippen molar-refractivity contribution < 1.29 is 4.39 Å². The largest absolute Gasteiger partial charge is 0.316 e. The Labute approximate surface area is 106 Å². The van der Waals surface area contributed by atoms with Gasteiger partial charge in [0.2, 0.25) is 0 Å². The highest BCUT2D eigenvalue weighted by molar-refractivity contribution is 6.30. The molecule has 2 aliphatic heterocycles. The van der Waals surface area contributed by atoms with Crippen molar-refractivity contribution in [1.29, 1.82) is 0 Å². The summed E-state index contributed by atoms with van der Waals surface area (Å²) in [6.45, 7) is 5.05. The molecule has 0 saturated carbocycles. The molecule has 2 nitrogen and oxygen atoms in total. The molecule has 2 heterocycles. The van der Waals surface area contributed by atoms with E-state index in [1.165, 1.54) is 6.07 Å². The van der Waals surface area contributed by atoms with Crippen LogP contribution >= 0.6 is 11.6 Å². The van der Waals surface area contributed by atoms with Crippen LogP contribution < -0.4 is 5.32 Å². The molecule has 0 aromatic heterocycles. The number of hydrogen-bond donors (Lipinski definition) is 1. The van der Waals surface area contributed by atoms with E-state index in [1.54, 1.807) is 12.1 Å². The van der Waals surface area contributed by atoms with Crippen molar-refractivity contribution in [3.05, 3.63) is 34.6 Å². The minimum atomic E-state index is -0.149. The van der Waals surface area contributed by atoms with Gasteiger partial charge in [0.1, 0.15) is 5.82 Å². The number of hydrogen-bond acceptors (Lipinski definition) is 2. The third-order valence-corrected chi connectivity index (χ3v) is 4.10. The molecular formula is C13H16ClFN2. The molecule has 2 unspecified atom stereocenters. The Morgan fingerprint density at radius 3 is 2.71 bits per heavy atom. The van der Waals surface area contributed by atoms with Crippen LogP contribution in [0, 0.1) is 17.7 Å². The van der Waals surface area contributed by atoms with E-state index in [-0.39, 0.29) is 5.82 Å². The molecule has 2 aliphatic rings. The summed E-state index contributed by atoms with van der Waals surface area (Å²) in [4.78, 5) is 2.34. The van der Waals surface area contributed by atoms with E-state index in [9.17, 15) is 4.39 Å². The van der Waals surface area contributed by atoms with Crippen LogP contribution in [-0.2, 0) is 6.54 Å². The smallest absolute Gasteiger partial charge is 0.127 e. The van der Waals surface area contributed by atoms with Crippen molar-refractivity contribution in [2.24, 2.45) is 11.8 Å². The SMILES string of the molecule is Fc1ccc(Cl)cc1CN1CC2CNCC2C1. The second-order valence-electron chi connectivity index (χ2n) is 5.11. The van der Waals surface area contributed by atoms with Crippen LogP contribution in [-0.4, -0.2) is 31.1 Å². The van der Waals surface area contributed by atoms with E-state index in [4.69, 9.17) is 11.6 Å². The molecular weight excluding hydrogens is 239 g/mol. The summed E-state index contributed by atoms with van der Waals surface area (Å²) < 4.78 is 13.6. The van der Waals surface area contributed by atoms with Crippen LogP contribution in [0.2, 0.25) is 5.02 Å². The lowest BCUT2D eigenvalue weighted by Crippen LogP contribution is -2.25. The minimum absolute atomic E-state index is 0.149. The molecule has 17 heavy (non-hydrogen) atoms. The first kappa shape index (κ1) is 11.5. The van der Waals surface area contributed by atoms with Crippen molar-refractivity contribution >= 4 is 11.6 Å². The number of nitrogens with zero attached hydrogens (tertiary/aromatic N) is 1. The maximum Gasteiger partial charge on any atom is 0.127 e. The third kappa shape index (κ3) is 2.32. The second-order valence-corrected chi connectivity index (χ2v) is 5.54. The van der Waals surface area contributed by atoms with E-state index >= 15 is 0 Å². The van der Waals surface area contributed by atoms with Gasteiger partial charge in [-0.05, 0) is 43.1 Å². The molecule has 0 aliphatic carbocycles. The first-order valence-electron chi connectivity index (χ1n) is 6.09. The number of likely N-dealkylation sites (tertiary alicyclic amines) is 1. The van der Waals surface area contributed by atoms with Crippen LogP contribution in [0.25, 0.3) is 0 Å². The molecule has 2 atom stereocenters. The Morgan fingerprint density at radius 1 is 1.29 bits per heavy atom. The van der Waals surface area contributed by atoms with Gasteiger partial charge >= 0.3 is 0 Å². The average Bonchev–Trinajstić information content (AvgIpc) is 2.83. The number of nitrogens with one attached hydrogen (secondary N) is 1. The maximum atomic E-state index is 13.6. The van der Waals surface area contributed by atoms with Crippen molar-refractivity contribution in [1.82, 2.24) is 10.2 Å². The summed E-state index contributed by atoms with van der Waals surface area (Å²) >= 11 is 5.90. The molecule has 2 fully saturated rings. The average molecular weight is 255 g/mol. The first-order valence-corrected chi connectivity index (χ1v) is 6.47. The van der Waals surface area contributed by atoms with E-state index in [1.807, 2.05) is 0 Å². The summed E-state index contributed by atoms with van der Waals surface area (Å²) in [6.07, 6.45) is 0. The Balaban J connectivity index is 1.69. The van der Waals surface area contributed by atoms with Crippen LogP contribution in [0.3, 0.4) is 0 Å². The van der Waals surface area contributed by atoms with Crippen LogP contribution in [0.15, 0.2) is 18.2 Å². The van der Waals surface area contributed by atoms with Gasteiger partial charge in [0.15, 0.2) is 0 Å². The highest BCUT2D eigenvalue weighted by Crippen LogP contribution is 2.28. The van der Waals surface area contributed by atoms with Crippen LogP contribution in [0.5, 0.6) is 0 Å². The molecule has 4 heteroatoms. The molecule has 1 aromatic carbocycles. The fraction of sp³-hybridized carbons (Fsp3) is 0.538. The first-order chi connectivity index (χ1) is 8.22. The van der Waals surface area contributed by atoms with Gasteiger partial charge in [-0.1, -0.05) is 11.6 Å². The molecule has 0 bridgehead atoms. The summed E-state index contributed by atoms with van der Waals surface area (Å²) in [5, 5.41) is 4.02. The van der Waals surface area contributed by atoms with Gasteiger partial charge in [-0.3, -0.25) is 4.90 Å². The molecule has 1 aromatic rings. The number of halogens is 2. The van der Waals surface area contributed by atoms with Gasteiger partial charge < -0.3 is 5.32 Å². The second kappa shape index (κ2) is 4.56. The van der Waals surface area contributed by atoms with E-state index in [2.05, 4.69) is 10.2 Å². The predicted octanol–water partition coefficient (Wildman–Crippen LogP) is 2.13. The van der Waals surface area contributed by atoms with Gasteiger partial charge in [0.25, 0.3) is 0 Å². The van der Waals surface area contributed by atoms with Crippen LogP contribution in [0.1, 0.15) is 5.56 Å². The Morgan fingerprint density at radius 2 is 2.00 bits per heavy atom. The normalized spacial score (nSPS) is 28.6. The van der Waals surface area contributed by atoms with Crippen molar-refractivity contribution in [3.8, 4) is 0 Å². The highest BCUT2D eigenvalue weighted by atomic mass is 35.5. The monoisotopic (exact) mass is 254 g/mol. The number of fused-ring (bicyclic) bond motifs is 1. The van der Waals surface area contributed by atoms with Gasteiger partial charge in [0.05, 0.1) is 0 Å². The Bertz CT molecular complexity index is 412. The standard InChI is InChI=1S/C13H16ClFN2/c14-12-1-2-13(15)9(3-12)6-17-7-10-4-16-5-11(10)8-17/h1-3,10-11,16H,4-8H2. The number of rotatable bonds is 2. The molecule has 0 spiro atoms. The fourth-order valence-corrected chi connectivity index (χ4v) is 3.18. The zero-order chi connectivity index (χ0) is 11.8. The Kier molecular flexibility index (Phi) is 3.07. The summed E-state index contributed by atoms with van der Waals surface area (Å²) in [6, 6.07) is 4.79. The lowest BCUT2D eigenvalue weighted by molar-refractivity contribution is 0.301. The lowest BCUT2D eigenvalue weighted by Gasteiger charge is -2.17. The summed E-state index contributed by atoms with van der Waals surface area (Å²) in [5.41, 5.74) is 0.713. The third-order valence-electron chi connectivity index (χ3n) is 3.87. The minimum Gasteiger partial charge on any atom is -0.316 e. The van der Waals surface area contributed by atoms with Crippen molar-refractivity contribution in [2.75, 3.05) is 26.2 Å². The predicted molar refractivity (Wildman–Crippen MR) is 66.5 cm³/mol. The van der Waals surface area contributed by atoms with Gasteiger partial charge in [-0.2, -0.15) is 0 Å². The quantitative estimate of drug-likeness (QED) is 0.870. The maximum absolute atomic E-state index is 13.6. The molecule has 3 rings (SSSR count). The lowest BCUT2D eigenvalue weighted by atomic mass is 10.0. The molecule has 2 saturated heterocycles. The Hall–Kier alpha value is -0.640. The molecule has 92 valence electrons. The number of benzene rings is 1. The van der Waals surface area contributed by atoms with Crippen LogP contribution in [0.4, 0.5) is 4.39 Å². The topological polar surface area (TPSA) is 15.3 Å². The molecule has 0 radical (unpaired) electrons. The van der Waals surface area contributed by atoms with E-state index in [0.29, 0.717) is 17.1 Å². The summed E-state index contributed by atoms with van der Waals surface area (Å²) in [7, 11) is 0. The van der Waals surface area contributed by atoms with Crippen molar-refractivity contribution in [2.45, 2.75) is 6.54 Å². The molecule has 0 amide bonds.